The largest absolute Gasteiger partial charge is 0.497 e. The zero-order chi connectivity index (χ0) is 22.4. The number of hydrogen-bond donors (Lipinski definition) is 2. The van der Waals surface area contributed by atoms with E-state index in [0.717, 1.165) is 5.56 Å². The van der Waals surface area contributed by atoms with Gasteiger partial charge in [0.2, 0.25) is 0 Å². The number of methoxy groups -OCH3 is 1. The highest BCUT2D eigenvalue weighted by molar-refractivity contribution is 6.30. The summed E-state index contributed by atoms with van der Waals surface area (Å²) in [6.07, 6.45) is -5.31. The van der Waals surface area contributed by atoms with E-state index in [0.29, 0.717) is 18.6 Å². The third-order valence-corrected chi connectivity index (χ3v) is 6.17. The average Bonchev–Trinajstić information content (AvgIpc) is 3.56. The molecular weight excluding hydrogens is 433 g/mol. The van der Waals surface area contributed by atoms with Crippen LogP contribution in [0.15, 0.2) is 42.5 Å². The first-order chi connectivity index (χ1) is 14.6. The Hall–Kier alpha value is -2.45. The minimum absolute atomic E-state index is 0.0591. The molecule has 9 heteroatoms. The molecule has 2 amide bonds. The Labute approximate surface area is 182 Å². The minimum Gasteiger partial charge on any atom is -0.497 e. The molecule has 2 atom stereocenters. The normalized spacial score (nSPS) is 22.0. The number of carbonyl (C=O) groups excluding carboxylic acids is 1. The van der Waals surface area contributed by atoms with E-state index >= 15 is 0 Å². The lowest BCUT2D eigenvalue weighted by atomic mass is 9.80. The van der Waals surface area contributed by atoms with E-state index < -0.39 is 30.3 Å². The lowest BCUT2D eigenvalue weighted by Crippen LogP contribution is -2.64. The molecule has 2 N–H and O–H groups in total. The maximum Gasteiger partial charge on any atom is 0.416 e. The standard InChI is InChI=1S/C22H22ClF3N2O3/c1-31-16-7-2-13(3-8-16)12-28-18-9-6-15(23)10-17(18)21(22(24,25)26,27-20(28)30)11-19(29)14-4-5-14/h2-3,6-10,14,19,29H,4-5,11-12H2,1H3,(H,27,30)/t19?,21-/m0/s1. The zero-order valence-electron chi connectivity index (χ0n) is 16.7. The Morgan fingerprint density at radius 3 is 2.52 bits per heavy atom. The number of urea groups is 1. The second-order valence-corrected chi connectivity index (χ2v) is 8.47. The van der Waals surface area contributed by atoms with Crippen LogP contribution in [0.1, 0.15) is 30.4 Å². The number of rotatable bonds is 6. The van der Waals surface area contributed by atoms with E-state index in [1.165, 1.54) is 30.2 Å². The fraction of sp³-hybridized carbons (Fsp3) is 0.409. The number of aliphatic hydroxyl groups is 1. The van der Waals surface area contributed by atoms with E-state index in [9.17, 15) is 23.1 Å². The number of carbonyl (C=O) groups is 1. The molecule has 0 aromatic heterocycles. The van der Waals surface area contributed by atoms with Crippen molar-refractivity contribution in [3.05, 3.63) is 58.6 Å². The van der Waals surface area contributed by atoms with Crippen molar-refractivity contribution in [3.63, 3.8) is 0 Å². The highest BCUT2D eigenvalue weighted by Gasteiger charge is 2.62. The summed E-state index contributed by atoms with van der Waals surface area (Å²) in [5.41, 5.74) is -2.05. The Morgan fingerprint density at radius 2 is 1.94 bits per heavy atom. The smallest absolute Gasteiger partial charge is 0.416 e. The van der Waals surface area contributed by atoms with E-state index in [1.807, 2.05) is 0 Å². The van der Waals surface area contributed by atoms with Gasteiger partial charge in [0.15, 0.2) is 5.54 Å². The number of aliphatic hydroxyl groups excluding tert-OH is 1. The highest BCUT2D eigenvalue weighted by atomic mass is 35.5. The van der Waals surface area contributed by atoms with Crippen molar-refractivity contribution in [2.24, 2.45) is 5.92 Å². The minimum atomic E-state index is -4.83. The monoisotopic (exact) mass is 454 g/mol. The number of nitrogens with zero attached hydrogens (tertiary/aromatic N) is 1. The molecule has 1 fully saturated rings. The van der Waals surface area contributed by atoms with Crippen LogP contribution >= 0.6 is 11.6 Å². The number of halogens is 4. The first kappa shape index (κ1) is 21.8. The number of anilines is 1. The van der Waals surface area contributed by atoms with Crippen LogP contribution in [0.3, 0.4) is 0 Å². The molecule has 0 spiro atoms. The summed E-state index contributed by atoms with van der Waals surface area (Å²) < 4.78 is 48.5. The van der Waals surface area contributed by atoms with Crippen LogP contribution in [0.2, 0.25) is 5.02 Å². The first-order valence-electron chi connectivity index (χ1n) is 9.92. The molecule has 1 unspecified atom stereocenters. The Kier molecular flexibility index (Phi) is 5.55. The second kappa shape index (κ2) is 7.91. The van der Waals surface area contributed by atoms with Crippen molar-refractivity contribution in [2.75, 3.05) is 12.0 Å². The molecule has 2 aromatic carbocycles. The Balaban J connectivity index is 1.77. The summed E-state index contributed by atoms with van der Waals surface area (Å²) in [7, 11) is 1.53. The van der Waals surface area contributed by atoms with Crippen LogP contribution in [0.5, 0.6) is 5.75 Å². The fourth-order valence-corrected chi connectivity index (χ4v) is 4.22. The van der Waals surface area contributed by atoms with Crippen molar-refractivity contribution in [2.45, 2.75) is 43.6 Å². The van der Waals surface area contributed by atoms with Gasteiger partial charge in [0.25, 0.3) is 0 Å². The predicted octanol–water partition coefficient (Wildman–Crippen LogP) is 5.00. The molecule has 0 radical (unpaired) electrons. The SMILES string of the molecule is COc1ccc(CN2C(=O)N[C@](CC(O)C3CC3)(C(F)(F)F)c3cc(Cl)ccc32)cc1. The topological polar surface area (TPSA) is 61.8 Å². The number of hydrogen-bond acceptors (Lipinski definition) is 3. The molecule has 2 aliphatic rings. The number of benzene rings is 2. The number of fused-ring (bicyclic) bond motifs is 1. The number of nitrogens with one attached hydrogen (secondary N) is 1. The van der Waals surface area contributed by atoms with Crippen LogP contribution < -0.4 is 15.0 Å². The third kappa shape index (κ3) is 4.06. The molecule has 0 saturated heterocycles. The molecule has 1 saturated carbocycles. The molecule has 1 heterocycles. The number of amides is 2. The maximum atomic E-state index is 14.5. The second-order valence-electron chi connectivity index (χ2n) is 8.04. The summed E-state index contributed by atoms with van der Waals surface area (Å²) >= 11 is 6.07. The van der Waals surface area contributed by atoms with Gasteiger partial charge in [-0.1, -0.05) is 23.7 Å². The van der Waals surface area contributed by atoms with Crippen molar-refractivity contribution < 1.29 is 27.8 Å². The van der Waals surface area contributed by atoms with Gasteiger partial charge in [0.1, 0.15) is 5.75 Å². The average molecular weight is 455 g/mol. The van der Waals surface area contributed by atoms with Crippen molar-refractivity contribution in [1.29, 1.82) is 0 Å². The van der Waals surface area contributed by atoms with Crippen molar-refractivity contribution in [3.8, 4) is 5.75 Å². The van der Waals surface area contributed by atoms with E-state index in [-0.39, 0.29) is 28.7 Å². The van der Waals surface area contributed by atoms with E-state index in [1.54, 1.807) is 24.3 Å². The molecule has 1 aliphatic carbocycles. The van der Waals surface area contributed by atoms with E-state index in [2.05, 4.69) is 5.32 Å². The molecule has 4 rings (SSSR count). The number of ether oxygens (including phenoxy) is 1. The molecular formula is C22H22ClF3N2O3. The summed E-state index contributed by atoms with van der Waals surface area (Å²) in [4.78, 5) is 14.2. The summed E-state index contributed by atoms with van der Waals surface area (Å²) in [6.45, 7) is 0.0591. The summed E-state index contributed by atoms with van der Waals surface area (Å²) in [6, 6.07) is 10.1. The molecule has 31 heavy (non-hydrogen) atoms. The molecule has 0 bridgehead atoms. The van der Waals surface area contributed by atoms with E-state index in [4.69, 9.17) is 16.3 Å². The lowest BCUT2D eigenvalue weighted by Gasteiger charge is -2.45. The Morgan fingerprint density at radius 1 is 1.26 bits per heavy atom. The summed E-state index contributed by atoms with van der Waals surface area (Å²) in [5.74, 6) is 0.445. The first-order valence-corrected chi connectivity index (χ1v) is 10.3. The van der Waals surface area contributed by atoms with Gasteiger partial charge in [0, 0.05) is 17.0 Å². The lowest BCUT2D eigenvalue weighted by molar-refractivity contribution is -0.206. The third-order valence-electron chi connectivity index (χ3n) is 5.94. The molecule has 2 aromatic rings. The van der Waals surface area contributed by atoms with Gasteiger partial charge < -0.3 is 15.2 Å². The van der Waals surface area contributed by atoms with Gasteiger partial charge in [-0.15, -0.1) is 0 Å². The molecule has 1 aliphatic heterocycles. The van der Waals surface area contributed by atoms with Crippen molar-refractivity contribution in [1.82, 2.24) is 5.32 Å². The number of alkyl halides is 3. The highest BCUT2D eigenvalue weighted by Crippen LogP contribution is 2.51. The van der Waals surface area contributed by atoms with Gasteiger partial charge >= 0.3 is 12.2 Å². The zero-order valence-corrected chi connectivity index (χ0v) is 17.5. The van der Waals surface area contributed by atoms with Gasteiger partial charge in [-0.25, -0.2) is 4.79 Å². The van der Waals surface area contributed by atoms with Crippen LogP contribution in [0.4, 0.5) is 23.7 Å². The van der Waals surface area contributed by atoms with Gasteiger partial charge in [0.05, 0.1) is 25.4 Å². The van der Waals surface area contributed by atoms with Crippen LogP contribution in [-0.4, -0.2) is 30.5 Å². The van der Waals surface area contributed by atoms with Crippen molar-refractivity contribution >= 4 is 23.3 Å². The Bertz CT molecular complexity index is 979. The molecule has 5 nitrogen and oxygen atoms in total. The molecule has 166 valence electrons. The van der Waals surface area contributed by atoms with Crippen LogP contribution in [0, 0.1) is 5.92 Å². The fourth-order valence-electron chi connectivity index (χ4n) is 4.04. The van der Waals surface area contributed by atoms with Crippen LogP contribution in [0.25, 0.3) is 0 Å². The predicted molar refractivity (Wildman–Crippen MR) is 110 cm³/mol. The summed E-state index contributed by atoms with van der Waals surface area (Å²) in [5, 5.41) is 12.7. The van der Waals surface area contributed by atoms with Gasteiger partial charge in [-0.05, 0) is 54.7 Å². The maximum absolute atomic E-state index is 14.5. The van der Waals surface area contributed by atoms with Gasteiger partial charge in [-0.3, -0.25) is 4.90 Å². The van der Waals surface area contributed by atoms with Gasteiger partial charge in [-0.2, -0.15) is 13.2 Å². The quantitative estimate of drug-likeness (QED) is 0.646. The van der Waals surface area contributed by atoms with Crippen LogP contribution in [-0.2, 0) is 12.1 Å².